The molecule has 0 radical (unpaired) electrons. The van der Waals surface area contributed by atoms with Crippen LogP contribution in [0.1, 0.15) is 5.56 Å². The molecule has 1 rings (SSSR count). The summed E-state index contributed by atoms with van der Waals surface area (Å²) in [6, 6.07) is 2.55. The van der Waals surface area contributed by atoms with Gasteiger partial charge in [-0.25, -0.2) is 4.39 Å². The Balaban J connectivity index is 3.38. The van der Waals surface area contributed by atoms with E-state index in [1.54, 1.807) is 0 Å². The lowest BCUT2D eigenvalue weighted by Gasteiger charge is -2.03. The molecule has 12 heavy (non-hydrogen) atoms. The minimum Gasteiger partial charge on any atom is -0.206 e. The average Bonchev–Trinajstić information content (AvgIpc) is 1.82. The molecule has 0 amide bonds. The lowest BCUT2D eigenvalue weighted by Crippen LogP contribution is -1.86. The standard InChI is InChI=1S/C8H4Cl3F/c1-4(9)8-6(11)2-5(10)3-7(8)12/h2-3H,1H2. The molecule has 0 spiro atoms. The summed E-state index contributed by atoms with van der Waals surface area (Å²) < 4.78 is 13.0. The van der Waals surface area contributed by atoms with E-state index in [-0.39, 0.29) is 20.6 Å². The first-order chi connectivity index (χ1) is 5.52. The van der Waals surface area contributed by atoms with E-state index in [1.165, 1.54) is 6.07 Å². The van der Waals surface area contributed by atoms with Gasteiger partial charge in [-0.2, -0.15) is 0 Å². The van der Waals surface area contributed by atoms with Gasteiger partial charge in [0, 0.05) is 15.6 Å². The highest BCUT2D eigenvalue weighted by atomic mass is 35.5. The van der Waals surface area contributed by atoms with E-state index in [9.17, 15) is 4.39 Å². The fourth-order valence-electron chi connectivity index (χ4n) is 0.801. The molecule has 0 aliphatic heterocycles. The molecule has 1 aromatic rings. The second-order valence-corrected chi connectivity index (χ2v) is 3.45. The molecule has 0 aliphatic carbocycles. The summed E-state index contributed by atoms with van der Waals surface area (Å²) in [5.74, 6) is -0.562. The quantitative estimate of drug-likeness (QED) is 0.667. The number of halogens is 4. The first-order valence-electron chi connectivity index (χ1n) is 3.01. The van der Waals surface area contributed by atoms with Crippen LogP contribution in [0.15, 0.2) is 18.7 Å². The van der Waals surface area contributed by atoms with Crippen molar-refractivity contribution in [2.45, 2.75) is 0 Å². The van der Waals surface area contributed by atoms with E-state index in [1.807, 2.05) is 0 Å². The maximum Gasteiger partial charge on any atom is 0.134 e. The Bertz CT molecular complexity index is 310. The van der Waals surface area contributed by atoms with Gasteiger partial charge < -0.3 is 0 Å². The molecule has 1 aromatic carbocycles. The van der Waals surface area contributed by atoms with Crippen molar-refractivity contribution in [3.8, 4) is 0 Å². The van der Waals surface area contributed by atoms with Crippen LogP contribution in [0.4, 0.5) is 4.39 Å². The fourth-order valence-corrected chi connectivity index (χ4v) is 1.62. The van der Waals surface area contributed by atoms with Crippen LogP contribution in [-0.2, 0) is 0 Å². The summed E-state index contributed by atoms with van der Waals surface area (Å²) in [5, 5.41) is 0.466. The van der Waals surface area contributed by atoms with Crippen molar-refractivity contribution in [3.63, 3.8) is 0 Å². The van der Waals surface area contributed by atoms with Crippen molar-refractivity contribution in [1.82, 2.24) is 0 Å². The number of rotatable bonds is 1. The lowest BCUT2D eigenvalue weighted by atomic mass is 10.2. The van der Waals surface area contributed by atoms with E-state index in [0.717, 1.165) is 6.07 Å². The molecule has 0 bridgehead atoms. The van der Waals surface area contributed by atoms with Gasteiger partial charge in [-0.05, 0) is 12.1 Å². The predicted molar refractivity (Wildman–Crippen MR) is 51.3 cm³/mol. The molecule has 0 heterocycles. The molecule has 0 aliphatic rings. The third kappa shape index (κ3) is 1.92. The van der Waals surface area contributed by atoms with Gasteiger partial charge in [-0.15, -0.1) is 0 Å². The van der Waals surface area contributed by atoms with Gasteiger partial charge in [0.2, 0.25) is 0 Å². The van der Waals surface area contributed by atoms with Crippen LogP contribution in [0.25, 0.3) is 5.03 Å². The fraction of sp³-hybridized carbons (Fsp3) is 0. The summed E-state index contributed by atoms with van der Waals surface area (Å²) in [6.07, 6.45) is 0. The van der Waals surface area contributed by atoms with Crippen LogP contribution in [-0.4, -0.2) is 0 Å². The molecule has 0 N–H and O–H groups in total. The van der Waals surface area contributed by atoms with Gasteiger partial charge in [-0.1, -0.05) is 41.4 Å². The summed E-state index contributed by atoms with van der Waals surface area (Å²) in [6.45, 7) is 3.37. The monoisotopic (exact) mass is 224 g/mol. The first-order valence-corrected chi connectivity index (χ1v) is 4.15. The van der Waals surface area contributed by atoms with Crippen molar-refractivity contribution in [1.29, 1.82) is 0 Å². The zero-order valence-electron chi connectivity index (χ0n) is 5.87. The van der Waals surface area contributed by atoms with E-state index in [0.29, 0.717) is 0 Å². The van der Waals surface area contributed by atoms with Gasteiger partial charge in [0.25, 0.3) is 0 Å². The van der Waals surface area contributed by atoms with Gasteiger partial charge in [0.1, 0.15) is 5.82 Å². The molecular formula is C8H4Cl3F. The maximum atomic E-state index is 13.0. The molecular weight excluding hydrogens is 221 g/mol. The topological polar surface area (TPSA) is 0 Å². The Kier molecular flexibility index (Phi) is 2.99. The summed E-state index contributed by atoms with van der Waals surface area (Å²) in [7, 11) is 0. The minimum absolute atomic E-state index is 0.0640. The van der Waals surface area contributed by atoms with Crippen molar-refractivity contribution in [2.24, 2.45) is 0 Å². The molecule has 0 saturated carbocycles. The Morgan fingerprint density at radius 3 is 2.33 bits per heavy atom. The van der Waals surface area contributed by atoms with E-state index in [4.69, 9.17) is 34.8 Å². The van der Waals surface area contributed by atoms with E-state index >= 15 is 0 Å². The van der Waals surface area contributed by atoms with Gasteiger partial charge >= 0.3 is 0 Å². The molecule has 4 heteroatoms. The van der Waals surface area contributed by atoms with E-state index in [2.05, 4.69) is 6.58 Å². The number of hydrogen-bond acceptors (Lipinski definition) is 0. The van der Waals surface area contributed by atoms with Crippen molar-refractivity contribution >= 4 is 39.8 Å². The second kappa shape index (κ2) is 3.65. The van der Waals surface area contributed by atoms with Crippen LogP contribution < -0.4 is 0 Å². The van der Waals surface area contributed by atoms with Gasteiger partial charge in [0.05, 0.1) is 5.02 Å². The van der Waals surface area contributed by atoms with Gasteiger partial charge in [-0.3, -0.25) is 0 Å². The Morgan fingerprint density at radius 1 is 1.33 bits per heavy atom. The summed E-state index contributed by atoms with van der Waals surface area (Å²) in [5.41, 5.74) is 0.0998. The Morgan fingerprint density at radius 2 is 1.92 bits per heavy atom. The van der Waals surface area contributed by atoms with Crippen LogP contribution in [0.5, 0.6) is 0 Å². The lowest BCUT2D eigenvalue weighted by molar-refractivity contribution is 0.625. The van der Waals surface area contributed by atoms with Crippen molar-refractivity contribution in [3.05, 3.63) is 40.1 Å². The van der Waals surface area contributed by atoms with Crippen molar-refractivity contribution in [2.75, 3.05) is 0 Å². The van der Waals surface area contributed by atoms with Crippen LogP contribution >= 0.6 is 34.8 Å². The molecule has 0 fully saturated rings. The molecule has 0 saturated heterocycles. The van der Waals surface area contributed by atoms with E-state index < -0.39 is 5.82 Å². The highest BCUT2D eigenvalue weighted by Crippen LogP contribution is 2.30. The molecule has 0 aromatic heterocycles. The zero-order chi connectivity index (χ0) is 9.30. The van der Waals surface area contributed by atoms with Crippen LogP contribution in [0.2, 0.25) is 10.0 Å². The van der Waals surface area contributed by atoms with Crippen molar-refractivity contribution < 1.29 is 4.39 Å². The van der Waals surface area contributed by atoms with Crippen LogP contribution in [0.3, 0.4) is 0 Å². The summed E-state index contributed by atoms with van der Waals surface area (Å²) in [4.78, 5) is 0. The molecule has 0 unspecified atom stereocenters. The molecule has 0 atom stereocenters. The number of benzene rings is 1. The predicted octanol–water partition coefficient (Wildman–Crippen LogP) is 4.34. The highest BCUT2D eigenvalue weighted by Gasteiger charge is 2.10. The zero-order valence-corrected chi connectivity index (χ0v) is 8.14. The normalized spacial score (nSPS) is 10.0. The molecule has 0 nitrogen and oxygen atoms in total. The average molecular weight is 225 g/mol. The minimum atomic E-state index is -0.562. The number of hydrogen-bond donors (Lipinski definition) is 0. The third-order valence-electron chi connectivity index (χ3n) is 1.28. The Hall–Kier alpha value is -0.240. The highest BCUT2D eigenvalue weighted by molar-refractivity contribution is 6.50. The maximum absolute atomic E-state index is 13.0. The molecule has 64 valence electrons. The van der Waals surface area contributed by atoms with Gasteiger partial charge in [0.15, 0.2) is 0 Å². The smallest absolute Gasteiger partial charge is 0.134 e. The SMILES string of the molecule is C=C(Cl)c1c(F)cc(Cl)cc1Cl. The van der Waals surface area contributed by atoms with Crippen LogP contribution in [0, 0.1) is 5.82 Å². The summed E-state index contributed by atoms with van der Waals surface area (Å²) >= 11 is 16.7. The first kappa shape index (κ1) is 9.85. The Labute approximate surface area is 84.5 Å². The second-order valence-electron chi connectivity index (χ2n) is 2.15. The largest absolute Gasteiger partial charge is 0.206 e. The third-order valence-corrected chi connectivity index (χ3v) is 1.98.